The number of carbonyl (C=O) groups is 1. The molecule has 0 atom stereocenters. The molecule has 2 aliphatic heterocycles. The minimum Gasteiger partial charge on any atom is -0.356 e. The maximum absolute atomic E-state index is 12.5. The van der Waals surface area contributed by atoms with Crippen LogP contribution in [0.3, 0.4) is 0 Å². The first kappa shape index (κ1) is 22.0. The van der Waals surface area contributed by atoms with Gasteiger partial charge >= 0.3 is 0 Å². The number of rotatable bonds is 8. The van der Waals surface area contributed by atoms with Gasteiger partial charge in [-0.3, -0.25) is 9.69 Å². The fourth-order valence-corrected chi connectivity index (χ4v) is 4.51. The summed E-state index contributed by atoms with van der Waals surface area (Å²) in [6.07, 6.45) is 5.43. The summed E-state index contributed by atoms with van der Waals surface area (Å²) in [6, 6.07) is 9.86. The predicted molar refractivity (Wildman–Crippen MR) is 120 cm³/mol. The number of hydrogen-bond donors (Lipinski definition) is 1. The van der Waals surface area contributed by atoms with Crippen molar-refractivity contribution in [3.63, 3.8) is 0 Å². The Kier molecular flexibility index (Phi) is 7.70. The molecule has 0 saturated carbocycles. The Morgan fingerprint density at radius 1 is 1.06 bits per heavy atom. The first-order valence-corrected chi connectivity index (χ1v) is 11.8. The largest absolute Gasteiger partial charge is 0.356 e. The number of piperidine rings is 2. The summed E-state index contributed by atoms with van der Waals surface area (Å²) in [5.74, 6) is 2.47. The maximum atomic E-state index is 12.5. The molecule has 1 aromatic carbocycles. The van der Waals surface area contributed by atoms with Gasteiger partial charge in [-0.25, -0.2) is 0 Å². The van der Waals surface area contributed by atoms with E-state index < -0.39 is 0 Å². The van der Waals surface area contributed by atoms with Crippen molar-refractivity contribution in [1.82, 2.24) is 25.3 Å². The average Bonchev–Trinajstić information content (AvgIpc) is 3.27. The van der Waals surface area contributed by atoms with Gasteiger partial charge in [0.1, 0.15) is 0 Å². The first-order valence-electron chi connectivity index (χ1n) is 11.8. The lowest BCUT2D eigenvalue weighted by atomic mass is 9.96. The SMILES string of the molecule is CC1CCN(CCCNC(=O)C2CCN(Cc3nc(-c4ccccc4)no3)CC2)CC1. The van der Waals surface area contributed by atoms with Crippen LogP contribution in [0, 0.1) is 11.8 Å². The van der Waals surface area contributed by atoms with Crippen LogP contribution in [0.4, 0.5) is 0 Å². The summed E-state index contributed by atoms with van der Waals surface area (Å²) in [6.45, 7) is 9.05. The third kappa shape index (κ3) is 6.37. The molecule has 4 rings (SSSR count). The lowest BCUT2D eigenvalue weighted by Crippen LogP contribution is -2.41. The van der Waals surface area contributed by atoms with Crippen molar-refractivity contribution in [2.45, 2.75) is 45.6 Å². The van der Waals surface area contributed by atoms with Gasteiger partial charge in [-0.05, 0) is 70.7 Å². The van der Waals surface area contributed by atoms with Gasteiger partial charge in [-0.1, -0.05) is 42.4 Å². The van der Waals surface area contributed by atoms with Gasteiger partial charge in [-0.2, -0.15) is 4.98 Å². The Hall–Kier alpha value is -2.25. The van der Waals surface area contributed by atoms with E-state index in [-0.39, 0.29) is 11.8 Å². The molecular formula is C24H35N5O2. The van der Waals surface area contributed by atoms with Crippen LogP contribution in [0.25, 0.3) is 11.4 Å². The van der Waals surface area contributed by atoms with Gasteiger partial charge in [0.2, 0.25) is 17.6 Å². The molecule has 0 bridgehead atoms. The van der Waals surface area contributed by atoms with E-state index in [1.807, 2.05) is 30.3 Å². The predicted octanol–water partition coefficient (Wildman–Crippen LogP) is 3.19. The second-order valence-electron chi connectivity index (χ2n) is 9.10. The summed E-state index contributed by atoms with van der Waals surface area (Å²) in [4.78, 5) is 21.9. The average molecular weight is 426 g/mol. The molecule has 2 fully saturated rings. The highest BCUT2D eigenvalue weighted by Crippen LogP contribution is 2.21. The van der Waals surface area contributed by atoms with Crippen molar-refractivity contribution in [2.75, 3.05) is 39.3 Å². The van der Waals surface area contributed by atoms with Crippen LogP contribution < -0.4 is 5.32 Å². The number of nitrogens with one attached hydrogen (secondary N) is 1. The molecule has 3 heterocycles. The van der Waals surface area contributed by atoms with Crippen molar-refractivity contribution < 1.29 is 9.32 Å². The number of aromatic nitrogens is 2. The first-order chi connectivity index (χ1) is 15.2. The molecule has 31 heavy (non-hydrogen) atoms. The minimum atomic E-state index is 0.120. The van der Waals surface area contributed by atoms with Crippen molar-refractivity contribution >= 4 is 5.91 Å². The zero-order chi connectivity index (χ0) is 21.5. The highest BCUT2D eigenvalue weighted by Gasteiger charge is 2.26. The molecular weight excluding hydrogens is 390 g/mol. The minimum absolute atomic E-state index is 0.120. The molecule has 1 N–H and O–H groups in total. The zero-order valence-corrected chi connectivity index (χ0v) is 18.6. The van der Waals surface area contributed by atoms with E-state index in [0.29, 0.717) is 18.3 Å². The zero-order valence-electron chi connectivity index (χ0n) is 18.6. The lowest BCUT2D eigenvalue weighted by Gasteiger charge is -2.31. The van der Waals surface area contributed by atoms with Crippen molar-refractivity contribution in [3.8, 4) is 11.4 Å². The summed E-state index contributed by atoms with van der Waals surface area (Å²) < 4.78 is 5.43. The molecule has 1 aromatic heterocycles. The van der Waals surface area contributed by atoms with Crippen molar-refractivity contribution in [2.24, 2.45) is 11.8 Å². The van der Waals surface area contributed by atoms with Crippen LogP contribution in [-0.4, -0.2) is 65.1 Å². The Morgan fingerprint density at radius 3 is 2.52 bits per heavy atom. The molecule has 2 saturated heterocycles. The van der Waals surface area contributed by atoms with Crippen LogP contribution in [0.5, 0.6) is 0 Å². The van der Waals surface area contributed by atoms with E-state index in [0.717, 1.165) is 56.9 Å². The summed E-state index contributed by atoms with van der Waals surface area (Å²) in [5.41, 5.74) is 0.961. The van der Waals surface area contributed by atoms with Crippen LogP contribution in [0.2, 0.25) is 0 Å². The van der Waals surface area contributed by atoms with Gasteiger partial charge in [0.25, 0.3) is 0 Å². The molecule has 2 aromatic rings. The van der Waals surface area contributed by atoms with E-state index >= 15 is 0 Å². The summed E-state index contributed by atoms with van der Waals surface area (Å²) in [7, 11) is 0. The summed E-state index contributed by atoms with van der Waals surface area (Å²) >= 11 is 0. The lowest BCUT2D eigenvalue weighted by molar-refractivity contribution is -0.126. The Morgan fingerprint density at radius 2 is 1.77 bits per heavy atom. The van der Waals surface area contributed by atoms with Gasteiger partial charge < -0.3 is 14.7 Å². The van der Waals surface area contributed by atoms with E-state index in [2.05, 4.69) is 32.2 Å². The monoisotopic (exact) mass is 425 g/mol. The van der Waals surface area contributed by atoms with E-state index in [1.54, 1.807) is 0 Å². The molecule has 7 heteroatoms. The van der Waals surface area contributed by atoms with Crippen molar-refractivity contribution in [1.29, 1.82) is 0 Å². The molecule has 1 amide bonds. The van der Waals surface area contributed by atoms with Crippen LogP contribution >= 0.6 is 0 Å². The van der Waals surface area contributed by atoms with E-state index in [1.165, 1.54) is 25.9 Å². The van der Waals surface area contributed by atoms with Crippen LogP contribution in [0.15, 0.2) is 34.9 Å². The Labute approximate surface area is 185 Å². The highest BCUT2D eigenvalue weighted by molar-refractivity contribution is 5.78. The Bertz CT molecular complexity index is 808. The maximum Gasteiger partial charge on any atom is 0.241 e. The number of benzene rings is 1. The third-order valence-electron chi connectivity index (χ3n) is 6.64. The molecule has 0 unspecified atom stereocenters. The van der Waals surface area contributed by atoms with Gasteiger partial charge in [0.05, 0.1) is 6.54 Å². The van der Waals surface area contributed by atoms with Gasteiger partial charge in [0.15, 0.2) is 0 Å². The molecule has 7 nitrogen and oxygen atoms in total. The molecule has 2 aliphatic rings. The van der Waals surface area contributed by atoms with Gasteiger partial charge in [0, 0.05) is 18.0 Å². The number of likely N-dealkylation sites (tertiary alicyclic amines) is 2. The quantitative estimate of drug-likeness (QED) is 0.655. The van der Waals surface area contributed by atoms with E-state index in [4.69, 9.17) is 4.52 Å². The Balaban J connectivity index is 1.13. The molecule has 0 aliphatic carbocycles. The number of hydrogen-bond acceptors (Lipinski definition) is 6. The van der Waals surface area contributed by atoms with Gasteiger partial charge in [-0.15, -0.1) is 0 Å². The fourth-order valence-electron chi connectivity index (χ4n) is 4.51. The number of carbonyl (C=O) groups excluding carboxylic acids is 1. The molecule has 168 valence electrons. The highest BCUT2D eigenvalue weighted by atomic mass is 16.5. The number of amides is 1. The topological polar surface area (TPSA) is 74.5 Å². The third-order valence-corrected chi connectivity index (χ3v) is 6.64. The normalized spacial score (nSPS) is 19.5. The second-order valence-corrected chi connectivity index (χ2v) is 9.10. The molecule has 0 radical (unpaired) electrons. The molecule has 0 spiro atoms. The fraction of sp³-hybridized carbons (Fsp3) is 0.625. The smallest absolute Gasteiger partial charge is 0.241 e. The van der Waals surface area contributed by atoms with E-state index in [9.17, 15) is 4.79 Å². The standard InChI is InChI=1S/C24H35N5O2/c1-19-8-14-28(15-9-19)13-5-12-25-24(30)21-10-16-29(17-11-21)18-22-26-23(27-31-22)20-6-3-2-4-7-20/h2-4,6-7,19,21H,5,8-18H2,1H3,(H,25,30). The summed E-state index contributed by atoms with van der Waals surface area (Å²) in [5, 5.41) is 7.26. The van der Waals surface area contributed by atoms with Crippen molar-refractivity contribution in [3.05, 3.63) is 36.2 Å². The number of nitrogens with zero attached hydrogens (tertiary/aromatic N) is 4. The second kappa shape index (κ2) is 10.9. The van der Waals surface area contributed by atoms with Crippen LogP contribution in [0.1, 0.15) is 44.9 Å². The van der Waals surface area contributed by atoms with Crippen LogP contribution in [-0.2, 0) is 11.3 Å².